The van der Waals surface area contributed by atoms with Gasteiger partial charge in [0.2, 0.25) is 0 Å². The Kier molecular flexibility index (Phi) is 4.36. The number of aromatic nitrogens is 1. The number of nitrogens with zero attached hydrogens (tertiary/aromatic N) is 2. The Balaban J connectivity index is 2.14. The van der Waals surface area contributed by atoms with Crippen molar-refractivity contribution in [3.8, 4) is 0 Å². The second kappa shape index (κ2) is 5.80. The van der Waals surface area contributed by atoms with E-state index in [0.29, 0.717) is 6.04 Å². The zero-order valence-electron chi connectivity index (χ0n) is 10.5. The van der Waals surface area contributed by atoms with Crippen LogP contribution in [0.3, 0.4) is 0 Å². The minimum Gasteiger partial charge on any atom is -0.391 e. The maximum absolute atomic E-state index is 9.30. The highest BCUT2D eigenvalue weighted by atomic mass is 32.1. The number of thiazole rings is 1. The van der Waals surface area contributed by atoms with E-state index in [1.807, 2.05) is 0 Å². The molecule has 0 saturated heterocycles. The van der Waals surface area contributed by atoms with Gasteiger partial charge in [-0.1, -0.05) is 18.3 Å². The smallest absolute Gasteiger partial charge is 0.186 e. The largest absolute Gasteiger partial charge is 0.391 e. The summed E-state index contributed by atoms with van der Waals surface area (Å²) in [5, 5.41) is 10.3. The Labute approximate surface area is 106 Å². The number of hydrogen-bond acceptors (Lipinski definition) is 5. The lowest BCUT2D eigenvalue weighted by molar-refractivity contribution is 0.205. The van der Waals surface area contributed by atoms with Crippen molar-refractivity contribution >= 4 is 16.5 Å². The quantitative estimate of drug-likeness (QED) is 0.808. The average Bonchev–Trinajstić information content (AvgIpc) is 3.09. The van der Waals surface area contributed by atoms with Crippen LogP contribution in [0.5, 0.6) is 0 Å². The van der Waals surface area contributed by atoms with E-state index >= 15 is 0 Å². The van der Waals surface area contributed by atoms with E-state index in [0.717, 1.165) is 35.3 Å². The molecular weight excluding hydrogens is 236 g/mol. The summed E-state index contributed by atoms with van der Waals surface area (Å²) in [7, 11) is 1.73. The van der Waals surface area contributed by atoms with Gasteiger partial charge in [0.15, 0.2) is 5.13 Å². The zero-order valence-corrected chi connectivity index (χ0v) is 11.3. The first kappa shape index (κ1) is 12.8. The summed E-state index contributed by atoms with van der Waals surface area (Å²) in [6.07, 6.45) is 3.38. The van der Waals surface area contributed by atoms with Gasteiger partial charge in [0.25, 0.3) is 0 Å². The lowest BCUT2D eigenvalue weighted by Crippen LogP contribution is -2.29. The van der Waals surface area contributed by atoms with Gasteiger partial charge in [-0.25, -0.2) is 4.98 Å². The Bertz CT molecular complexity index is 342. The molecular formula is C12H20N2O2S. The average molecular weight is 256 g/mol. The summed E-state index contributed by atoms with van der Waals surface area (Å²) in [6, 6.07) is 0.632. The van der Waals surface area contributed by atoms with E-state index in [2.05, 4.69) is 16.8 Å². The predicted octanol–water partition coefficient (Wildman–Crippen LogP) is 1.81. The summed E-state index contributed by atoms with van der Waals surface area (Å²) < 4.78 is 5.15. The van der Waals surface area contributed by atoms with Gasteiger partial charge in [-0.15, -0.1) is 0 Å². The molecule has 4 nitrogen and oxygen atoms in total. The van der Waals surface area contributed by atoms with Crippen molar-refractivity contribution < 1.29 is 9.84 Å². The van der Waals surface area contributed by atoms with Crippen LogP contribution in [0.25, 0.3) is 0 Å². The highest BCUT2D eigenvalue weighted by molar-refractivity contribution is 7.15. The van der Waals surface area contributed by atoms with Crippen molar-refractivity contribution in [1.82, 2.24) is 4.98 Å². The standard InChI is InChI=1S/C12H20N2O2S/c1-3-10-11(8-15)17-12(13-10)14(6-7-16-2)9-4-5-9/h9,15H,3-8H2,1-2H3. The molecule has 0 aliphatic heterocycles. The van der Waals surface area contributed by atoms with Gasteiger partial charge >= 0.3 is 0 Å². The van der Waals surface area contributed by atoms with Gasteiger partial charge in [0, 0.05) is 19.7 Å². The summed E-state index contributed by atoms with van der Waals surface area (Å²) in [5.74, 6) is 0. The second-order valence-electron chi connectivity index (χ2n) is 4.30. The molecule has 1 aliphatic rings. The van der Waals surface area contributed by atoms with Gasteiger partial charge < -0.3 is 14.7 Å². The molecule has 1 fully saturated rings. The fraction of sp³-hybridized carbons (Fsp3) is 0.750. The molecule has 0 amide bonds. The number of ether oxygens (including phenoxy) is 1. The van der Waals surface area contributed by atoms with Crippen LogP contribution in [-0.4, -0.2) is 36.4 Å². The number of aliphatic hydroxyl groups excluding tert-OH is 1. The molecule has 96 valence electrons. The number of hydrogen-bond donors (Lipinski definition) is 1. The van der Waals surface area contributed by atoms with Crippen molar-refractivity contribution in [3.05, 3.63) is 10.6 Å². The maximum Gasteiger partial charge on any atom is 0.186 e. The summed E-state index contributed by atoms with van der Waals surface area (Å²) >= 11 is 1.62. The van der Waals surface area contributed by atoms with Crippen molar-refractivity contribution in [2.45, 2.75) is 38.8 Å². The number of aryl methyl sites for hydroxylation is 1. The third kappa shape index (κ3) is 2.97. The third-order valence-corrected chi connectivity index (χ3v) is 4.13. The van der Waals surface area contributed by atoms with Gasteiger partial charge in [-0.05, 0) is 19.3 Å². The Morgan fingerprint density at radius 3 is 2.76 bits per heavy atom. The van der Waals surface area contributed by atoms with E-state index in [1.165, 1.54) is 12.8 Å². The first-order valence-corrected chi connectivity index (χ1v) is 6.96. The summed E-state index contributed by atoms with van der Waals surface area (Å²) in [4.78, 5) is 7.97. The molecule has 0 spiro atoms. The van der Waals surface area contributed by atoms with Crippen molar-refractivity contribution in [2.24, 2.45) is 0 Å². The number of rotatable bonds is 7. The second-order valence-corrected chi connectivity index (χ2v) is 5.36. The normalized spacial score (nSPS) is 15.2. The van der Waals surface area contributed by atoms with Crippen LogP contribution in [0.4, 0.5) is 5.13 Å². The van der Waals surface area contributed by atoms with Gasteiger partial charge in [0.05, 0.1) is 23.8 Å². The van der Waals surface area contributed by atoms with E-state index in [-0.39, 0.29) is 6.61 Å². The third-order valence-electron chi connectivity index (χ3n) is 3.02. The van der Waals surface area contributed by atoms with Crippen LogP contribution in [0, 0.1) is 0 Å². The molecule has 2 rings (SSSR count). The number of anilines is 1. The number of aliphatic hydroxyl groups is 1. The molecule has 0 atom stereocenters. The van der Waals surface area contributed by atoms with Crippen molar-refractivity contribution in [2.75, 3.05) is 25.2 Å². The van der Waals surface area contributed by atoms with E-state index in [4.69, 9.17) is 4.74 Å². The Morgan fingerprint density at radius 1 is 1.53 bits per heavy atom. The fourth-order valence-corrected chi connectivity index (χ4v) is 3.01. The van der Waals surface area contributed by atoms with E-state index < -0.39 is 0 Å². The van der Waals surface area contributed by atoms with Crippen LogP contribution in [0.2, 0.25) is 0 Å². The SMILES string of the molecule is CCc1nc(N(CCOC)C2CC2)sc1CO. The topological polar surface area (TPSA) is 45.6 Å². The van der Waals surface area contributed by atoms with E-state index in [1.54, 1.807) is 18.4 Å². The molecule has 17 heavy (non-hydrogen) atoms. The Hall–Kier alpha value is -0.650. The van der Waals surface area contributed by atoms with Crippen LogP contribution < -0.4 is 4.90 Å². The number of methoxy groups -OCH3 is 1. The molecule has 0 bridgehead atoms. The lowest BCUT2D eigenvalue weighted by atomic mass is 10.3. The van der Waals surface area contributed by atoms with E-state index in [9.17, 15) is 5.11 Å². The first-order chi connectivity index (χ1) is 8.30. The van der Waals surface area contributed by atoms with Gasteiger partial charge in [0.1, 0.15) is 0 Å². The molecule has 0 unspecified atom stereocenters. The van der Waals surface area contributed by atoms with Gasteiger partial charge in [-0.3, -0.25) is 0 Å². The fourth-order valence-electron chi connectivity index (χ4n) is 1.90. The van der Waals surface area contributed by atoms with Crippen LogP contribution in [0.1, 0.15) is 30.3 Å². The summed E-state index contributed by atoms with van der Waals surface area (Å²) in [5.41, 5.74) is 1.04. The highest BCUT2D eigenvalue weighted by Gasteiger charge is 2.31. The molecule has 1 aliphatic carbocycles. The molecule has 1 saturated carbocycles. The van der Waals surface area contributed by atoms with Crippen molar-refractivity contribution in [3.63, 3.8) is 0 Å². The Morgan fingerprint density at radius 2 is 2.29 bits per heavy atom. The van der Waals surface area contributed by atoms with Crippen molar-refractivity contribution in [1.29, 1.82) is 0 Å². The first-order valence-electron chi connectivity index (χ1n) is 6.15. The maximum atomic E-state index is 9.30. The van der Waals surface area contributed by atoms with Crippen LogP contribution >= 0.6 is 11.3 Å². The molecule has 1 aromatic heterocycles. The minimum absolute atomic E-state index is 0.101. The minimum atomic E-state index is 0.101. The molecule has 1 aromatic rings. The molecule has 0 aromatic carbocycles. The summed E-state index contributed by atoms with van der Waals surface area (Å²) in [6.45, 7) is 3.80. The van der Waals surface area contributed by atoms with Crippen LogP contribution in [-0.2, 0) is 17.8 Å². The predicted molar refractivity (Wildman–Crippen MR) is 69.7 cm³/mol. The molecule has 1 N–H and O–H groups in total. The molecule has 5 heteroatoms. The molecule has 1 heterocycles. The lowest BCUT2D eigenvalue weighted by Gasteiger charge is -2.20. The van der Waals surface area contributed by atoms with Gasteiger partial charge in [-0.2, -0.15) is 0 Å². The monoisotopic (exact) mass is 256 g/mol. The highest BCUT2D eigenvalue weighted by Crippen LogP contribution is 2.35. The van der Waals surface area contributed by atoms with Crippen LogP contribution in [0.15, 0.2) is 0 Å². The molecule has 0 radical (unpaired) electrons. The zero-order chi connectivity index (χ0) is 12.3.